The standard InChI is InChI=1S/C21H26FN5O4S/c22-15-10-13-4-9-30-16(13)11-14(15)12-31-19-17(18(23)28)20(32-26-19)25-21(29)24-5-8-27-6-2-1-3-7-27/h10-11H,1-9,12H2,(H2,23,28)(H2,24,25,29). The normalized spacial score (nSPS) is 15.7. The highest BCUT2D eigenvalue weighted by Crippen LogP contribution is 2.32. The summed E-state index contributed by atoms with van der Waals surface area (Å²) in [7, 11) is 0. The van der Waals surface area contributed by atoms with Gasteiger partial charge in [-0.05, 0) is 49.6 Å². The number of hydrogen-bond donors (Lipinski definition) is 3. The number of aromatic nitrogens is 1. The lowest BCUT2D eigenvalue weighted by Gasteiger charge is -2.26. The van der Waals surface area contributed by atoms with Crippen LogP contribution in [0.25, 0.3) is 0 Å². The fourth-order valence-corrected chi connectivity index (χ4v) is 4.56. The zero-order chi connectivity index (χ0) is 22.5. The van der Waals surface area contributed by atoms with Crippen LogP contribution in [0.15, 0.2) is 12.1 Å². The van der Waals surface area contributed by atoms with Crippen LogP contribution in [0, 0.1) is 5.82 Å². The molecule has 1 aromatic carbocycles. The maximum Gasteiger partial charge on any atom is 0.319 e. The number of carbonyl (C=O) groups is 2. The van der Waals surface area contributed by atoms with E-state index in [0.717, 1.165) is 36.7 Å². The molecule has 1 aromatic heterocycles. The van der Waals surface area contributed by atoms with Crippen molar-refractivity contribution in [1.82, 2.24) is 14.6 Å². The second-order valence-electron chi connectivity index (χ2n) is 7.78. The van der Waals surface area contributed by atoms with E-state index in [1.54, 1.807) is 6.07 Å². The van der Waals surface area contributed by atoms with Crippen LogP contribution in [0.4, 0.5) is 14.2 Å². The van der Waals surface area contributed by atoms with Crippen LogP contribution >= 0.6 is 11.5 Å². The second-order valence-corrected chi connectivity index (χ2v) is 8.55. The van der Waals surface area contributed by atoms with Gasteiger partial charge in [-0.3, -0.25) is 10.1 Å². The van der Waals surface area contributed by atoms with Crippen LogP contribution in [-0.2, 0) is 13.0 Å². The third-order valence-electron chi connectivity index (χ3n) is 5.52. The molecule has 3 heterocycles. The second kappa shape index (κ2) is 10.1. The molecule has 9 nitrogen and oxygen atoms in total. The Kier molecular flexibility index (Phi) is 7.05. The molecule has 1 fully saturated rings. The van der Waals surface area contributed by atoms with Crippen LogP contribution in [0.5, 0.6) is 11.6 Å². The van der Waals surface area contributed by atoms with Gasteiger partial charge in [0.25, 0.3) is 5.91 Å². The Morgan fingerprint density at radius 1 is 1.28 bits per heavy atom. The zero-order valence-electron chi connectivity index (χ0n) is 17.6. The highest BCUT2D eigenvalue weighted by atomic mass is 32.1. The van der Waals surface area contributed by atoms with Crippen molar-refractivity contribution in [2.45, 2.75) is 32.3 Å². The lowest BCUT2D eigenvalue weighted by atomic mass is 10.1. The molecule has 0 radical (unpaired) electrons. The Hall–Kier alpha value is -2.92. The lowest BCUT2D eigenvalue weighted by molar-refractivity contribution is 0.0996. The Bertz CT molecular complexity index is 993. The van der Waals surface area contributed by atoms with E-state index in [0.29, 0.717) is 25.3 Å². The number of benzene rings is 1. The number of anilines is 1. The first kappa shape index (κ1) is 22.3. The van der Waals surface area contributed by atoms with Gasteiger partial charge in [0.15, 0.2) is 0 Å². The Labute approximate surface area is 189 Å². The number of piperidine rings is 1. The van der Waals surface area contributed by atoms with Crippen LogP contribution in [0.2, 0.25) is 0 Å². The van der Waals surface area contributed by atoms with Crippen LogP contribution in [0.3, 0.4) is 0 Å². The summed E-state index contributed by atoms with van der Waals surface area (Å²) in [6, 6.07) is 2.56. The van der Waals surface area contributed by atoms with Crippen molar-refractivity contribution in [2.75, 3.05) is 38.1 Å². The first-order valence-electron chi connectivity index (χ1n) is 10.6. The van der Waals surface area contributed by atoms with Crippen molar-refractivity contribution < 1.29 is 23.5 Å². The van der Waals surface area contributed by atoms with Crippen molar-refractivity contribution in [3.8, 4) is 11.6 Å². The summed E-state index contributed by atoms with van der Waals surface area (Å²) in [6.45, 7) is 3.70. The Balaban J connectivity index is 1.35. The van der Waals surface area contributed by atoms with E-state index in [9.17, 15) is 14.0 Å². The maximum atomic E-state index is 14.3. The summed E-state index contributed by atoms with van der Waals surface area (Å²) < 4.78 is 29.4. The minimum atomic E-state index is -0.796. The van der Waals surface area contributed by atoms with E-state index < -0.39 is 17.8 Å². The van der Waals surface area contributed by atoms with Crippen molar-refractivity contribution in [1.29, 1.82) is 0 Å². The summed E-state index contributed by atoms with van der Waals surface area (Å²) in [6.07, 6.45) is 4.28. The fraction of sp³-hybridized carbons (Fsp3) is 0.476. The molecule has 2 aliphatic rings. The molecule has 0 spiro atoms. The van der Waals surface area contributed by atoms with E-state index >= 15 is 0 Å². The fourth-order valence-electron chi connectivity index (χ4n) is 3.83. The number of nitrogens with one attached hydrogen (secondary N) is 2. The number of likely N-dealkylation sites (tertiary alicyclic amines) is 1. The van der Waals surface area contributed by atoms with Crippen molar-refractivity contribution in [3.63, 3.8) is 0 Å². The number of hydrogen-bond acceptors (Lipinski definition) is 7. The zero-order valence-corrected chi connectivity index (χ0v) is 18.4. The first-order valence-corrected chi connectivity index (χ1v) is 11.4. The Morgan fingerprint density at radius 2 is 2.09 bits per heavy atom. The first-order chi connectivity index (χ1) is 15.5. The number of nitrogens with two attached hydrogens (primary N) is 1. The van der Waals surface area contributed by atoms with Gasteiger partial charge in [-0.25, -0.2) is 9.18 Å². The van der Waals surface area contributed by atoms with Gasteiger partial charge in [0.05, 0.1) is 6.61 Å². The number of rotatable bonds is 8. The SMILES string of the molecule is NC(=O)c1c(OCc2cc3c(cc2F)CCO3)nsc1NC(=O)NCCN1CCCCC1. The van der Waals surface area contributed by atoms with E-state index in [4.69, 9.17) is 15.2 Å². The topological polar surface area (TPSA) is 119 Å². The molecule has 2 aromatic rings. The summed E-state index contributed by atoms with van der Waals surface area (Å²) >= 11 is 0.877. The van der Waals surface area contributed by atoms with E-state index in [-0.39, 0.29) is 28.6 Å². The van der Waals surface area contributed by atoms with Gasteiger partial charge >= 0.3 is 6.03 Å². The molecule has 0 aliphatic carbocycles. The van der Waals surface area contributed by atoms with Crippen molar-refractivity contribution in [3.05, 3.63) is 34.6 Å². The highest BCUT2D eigenvalue weighted by Gasteiger charge is 2.23. The van der Waals surface area contributed by atoms with Crippen LogP contribution in [0.1, 0.15) is 40.7 Å². The predicted octanol–water partition coefficient (Wildman–Crippen LogP) is 2.50. The number of ether oxygens (including phenoxy) is 2. The molecule has 4 rings (SSSR count). The van der Waals surface area contributed by atoms with E-state index in [1.165, 1.54) is 25.3 Å². The molecule has 4 N–H and O–H groups in total. The molecule has 0 unspecified atom stereocenters. The van der Waals surface area contributed by atoms with Gasteiger partial charge in [0, 0.05) is 30.6 Å². The van der Waals surface area contributed by atoms with Crippen molar-refractivity contribution >= 4 is 28.5 Å². The largest absolute Gasteiger partial charge is 0.493 e. The molecule has 0 saturated carbocycles. The summed E-state index contributed by atoms with van der Waals surface area (Å²) in [5.41, 5.74) is 6.53. The molecule has 3 amide bonds. The highest BCUT2D eigenvalue weighted by molar-refractivity contribution is 7.11. The summed E-state index contributed by atoms with van der Waals surface area (Å²) in [5, 5.41) is 5.56. The molecule has 0 bridgehead atoms. The molecular weight excluding hydrogens is 437 g/mol. The third kappa shape index (κ3) is 5.28. The number of urea groups is 1. The van der Waals surface area contributed by atoms with Gasteiger partial charge in [-0.15, -0.1) is 0 Å². The third-order valence-corrected chi connectivity index (χ3v) is 6.27. The molecule has 1 saturated heterocycles. The number of amides is 3. The number of nitrogens with zero attached hydrogens (tertiary/aromatic N) is 2. The average Bonchev–Trinajstić information content (AvgIpc) is 3.39. The molecule has 172 valence electrons. The van der Waals surface area contributed by atoms with Gasteiger partial charge in [0.1, 0.15) is 28.7 Å². The van der Waals surface area contributed by atoms with Gasteiger partial charge in [-0.2, -0.15) is 4.37 Å². The minimum Gasteiger partial charge on any atom is -0.493 e. The molecule has 11 heteroatoms. The van der Waals surface area contributed by atoms with Crippen LogP contribution < -0.4 is 25.8 Å². The summed E-state index contributed by atoms with van der Waals surface area (Å²) in [4.78, 5) is 26.5. The van der Waals surface area contributed by atoms with Crippen LogP contribution in [-0.4, -0.2) is 54.0 Å². The van der Waals surface area contributed by atoms with E-state index in [1.807, 2.05) is 0 Å². The molecule has 2 aliphatic heterocycles. The number of primary amides is 1. The lowest BCUT2D eigenvalue weighted by Crippen LogP contribution is -2.39. The number of carbonyl (C=O) groups excluding carboxylic acids is 2. The predicted molar refractivity (Wildman–Crippen MR) is 118 cm³/mol. The number of halogens is 1. The average molecular weight is 464 g/mol. The molecular formula is C21H26FN5O4S. The minimum absolute atomic E-state index is 0.0426. The van der Waals surface area contributed by atoms with E-state index in [2.05, 4.69) is 19.9 Å². The monoisotopic (exact) mass is 463 g/mol. The van der Waals surface area contributed by atoms with Crippen molar-refractivity contribution in [2.24, 2.45) is 5.73 Å². The van der Waals surface area contributed by atoms with Gasteiger partial charge < -0.3 is 25.4 Å². The Morgan fingerprint density at radius 3 is 2.88 bits per heavy atom. The summed E-state index contributed by atoms with van der Waals surface area (Å²) in [5.74, 6) is -0.638. The quantitative estimate of drug-likeness (QED) is 0.554. The number of fused-ring (bicyclic) bond motifs is 1. The van der Waals surface area contributed by atoms with Gasteiger partial charge in [0.2, 0.25) is 5.88 Å². The molecule has 0 atom stereocenters. The molecule has 32 heavy (non-hydrogen) atoms. The maximum absolute atomic E-state index is 14.3. The smallest absolute Gasteiger partial charge is 0.319 e. The van der Waals surface area contributed by atoms with Gasteiger partial charge in [-0.1, -0.05) is 6.42 Å².